The largest absolute Gasteiger partial charge is 0.315 e. The molecule has 2 aliphatic rings. The second-order valence-corrected chi connectivity index (χ2v) is 6.58. The maximum atomic E-state index is 3.59. The van der Waals surface area contributed by atoms with Crippen molar-refractivity contribution in [1.82, 2.24) is 15.1 Å². The van der Waals surface area contributed by atoms with E-state index in [1.165, 1.54) is 45.4 Å². The monoisotopic (exact) mass is 253 g/mol. The molecule has 18 heavy (non-hydrogen) atoms. The van der Waals surface area contributed by atoms with E-state index in [0.29, 0.717) is 6.04 Å². The molecule has 2 atom stereocenters. The first-order valence-corrected chi connectivity index (χ1v) is 7.85. The highest BCUT2D eigenvalue weighted by atomic mass is 15.3. The first kappa shape index (κ1) is 14.3. The van der Waals surface area contributed by atoms with Crippen LogP contribution in [0.4, 0.5) is 0 Å². The molecular formula is C15H31N3. The Morgan fingerprint density at radius 3 is 2.44 bits per heavy atom. The van der Waals surface area contributed by atoms with Crippen LogP contribution in [0.2, 0.25) is 0 Å². The second kappa shape index (κ2) is 6.88. The summed E-state index contributed by atoms with van der Waals surface area (Å²) in [6.45, 7) is 14.5. The maximum Gasteiger partial charge on any atom is 0.0235 e. The third kappa shape index (κ3) is 3.94. The standard InChI is InChI=1S/C15H31N3/c1-13(2)10-16-11-14(3)18-9-6-15(12-18)17-7-4-5-8-17/h13-16H,4-12H2,1-3H3. The number of hydrogen-bond donors (Lipinski definition) is 1. The van der Waals surface area contributed by atoms with Crippen molar-refractivity contribution in [2.24, 2.45) is 5.92 Å². The SMILES string of the molecule is CC(C)CNCC(C)N1CCC(N2CCCC2)C1. The Kier molecular flexibility index (Phi) is 5.46. The minimum atomic E-state index is 0.691. The molecule has 3 nitrogen and oxygen atoms in total. The van der Waals surface area contributed by atoms with E-state index >= 15 is 0 Å². The fourth-order valence-electron chi connectivity index (χ4n) is 3.28. The summed E-state index contributed by atoms with van der Waals surface area (Å²) in [7, 11) is 0. The molecule has 106 valence electrons. The van der Waals surface area contributed by atoms with Crippen LogP contribution in [-0.2, 0) is 0 Å². The molecule has 2 heterocycles. The second-order valence-electron chi connectivity index (χ2n) is 6.58. The van der Waals surface area contributed by atoms with Gasteiger partial charge in [-0.2, -0.15) is 0 Å². The molecule has 2 unspecified atom stereocenters. The lowest BCUT2D eigenvalue weighted by Gasteiger charge is -2.27. The number of nitrogens with zero attached hydrogens (tertiary/aromatic N) is 2. The molecule has 0 aromatic rings. The summed E-state index contributed by atoms with van der Waals surface area (Å²) < 4.78 is 0. The number of likely N-dealkylation sites (tertiary alicyclic amines) is 2. The van der Waals surface area contributed by atoms with Crippen LogP contribution in [0.3, 0.4) is 0 Å². The molecule has 3 heteroatoms. The summed E-state index contributed by atoms with van der Waals surface area (Å²) in [6.07, 6.45) is 4.22. The number of nitrogens with one attached hydrogen (secondary N) is 1. The average Bonchev–Trinajstić information content (AvgIpc) is 2.99. The predicted molar refractivity (Wildman–Crippen MR) is 78.0 cm³/mol. The van der Waals surface area contributed by atoms with Gasteiger partial charge in [0.15, 0.2) is 0 Å². The van der Waals surface area contributed by atoms with Gasteiger partial charge in [-0.1, -0.05) is 13.8 Å². The zero-order valence-corrected chi connectivity index (χ0v) is 12.5. The van der Waals surface area contributed by atoms with E-state index in [-0.39, 0.29) is 0 Å². The third-order valence-electron chi connectivity index (χ3n) is 4.47. The summed E-state index contributed by atoms with van der Waals surface area (Å²) in [4.78, 5) is 5.39. The third-order valence-corrected chi connectivity index (χ3v) is 4.47. The van der Waals surface area contributed by atoms with Crippen LogP contribution in [0.5, 0.6) is 0 Å². The minimum absolute atomic E-state index is 0.691. The van der Waals surface area contributed by atoms with Crippen LogP contribution in [0, 0.1) is 5.92 Å². The number of rotatable bonds is 6. The van der Waals surface area contributed by atoms with Crippen molar-refractivity contribution in [3.05, 3.63) is 0 Å². The zero-order valence-electron chi connectivity index (χ0n) is 12.5. The van der Waals surface area contributed by atoms with Gasteiger partial charge in [0.25, 0.3) is 0 Å². The van der Waals surface area contributed by atoms with Crippen LogP contribution in [0.1, 0.15) is 40.0 Å². The van der Waals surface area contributed by atoms with Gasteiger partial charge in [0, 0.05) is 31.7 Å². The molecule has 0 bridgehead atoms. The molecule has 2 aliphatic heterocycles. The van der Waals surface area contributed by atoms with Crippen LogP contribution in [0.15, 0.2) is 0 Å². The van der Waals surface area contributed by atoms with Gasteiger partial charge < -0.3 is 5.32 Å². The summed E-state index contributed by atoms with van der Waals surface area (Å²) in [5, 5.41) is 3.59. The lowest BCUT2D eigenvalue weighted by Crippen LogP contribution is -2.42. The van der Waals surface area contributed by atoms with E-state index in [0.717, 1.165) is 25.0 Å². The molecule has 0 radical (unpaired) electrons. The van der Waals surface area contributed by atoms with E-state index in [1.54, 1.807) is 0 Å². The molecule has 0 aromatic carbocycles. The normalized spacial score (nSPS) is 28.3. The summed E-state index contributed by atoms with van der Waals surface area (Å²) in [6, 6.07) is 1.54. The zero-order chi connectivity index (χ0) is 13.0. The highest BCUT2D eigenvalue weighted by Gasteiger charge is 2.30. The number of hydrogen-bond acceptors (Lipinski definition) is 3. The van der Waals surface area contributed by atoms with Gasteiger partial charge in [-0.15, -0.1) is 0 Å². The Morgan fingerprint density at radius 1 is 1.06 bits per heavy atom. The van der Waals surface area contributed by atoms with Gasteiger partial charge in [0.05, 0.1) is 0 Å². The van der Waals surface area contributed by atoms with Crippen molar-refractivity contribution >= 4 is 0 Å². The molecular weight excluding hydrogens is 222 g/mol. The fourth-order valence-corrected chi connectivity index (χ4v) is 3.28. The summed E-state index contributed by atoms with van der Waals surface area (Å²) in [5.74, 6) is 0.758. The van der Waals surface area contributed by atoms with Crippen molar-refractivity contribution in [2.75, 3.05) is 39.3 Å². The Labute approximate surface area is 113 Å². The van der Waals surface area contributed by atoms with Crippen molar-refractivity contribution in [1.29, 1.82) is 0 Å². The van der Waals surface area contributed by atoms with Gasteiger partial charge in [-0.25, -0.2) is 0 Å². The Morgan fingerprint density at radius 2 is 1.78 bits per heavy atom. The first-order chi connectivity index (χ1) is 8.66. The summed E-state index contributed by atoms with van der Waals surface area (Å²) in [5.41, 5.74) is 0. The van der Waals surface area contributed by atoms with Crippen molar-refractivity contribution in [3.63, 3.8) is 0 Å². The van der Waals surface area contributed by atoms with Crippen molar-refractivity contribution in [2.45, 2.75) is 52.1 Å². The van der Waals surface area contributed by atoms with E-state index in [2.05, 4.69) is 35.9 Å². The van der Waals surface area contributed by atoms with E-state index in [9.17, 15) is 0 Å². The quantitative estimate of drug-likeness (QED) is 0.778. The van der Waals surface area contributed by atoms with Crippen LogP contribution >= 0.6 is 0 Å². The van der Waals surface area contributed by atoms with Gasteiger partial charge in [-0.3, -0.25) is 9.80 Å². The van der Waals surface area contributed by atoms with Crippen LogP contribution in [-0.4, -0.2) is 61.2 Å². The molecule has 1 N–H and O–H groups in total. The molecule has 2 saturated heterocycles. The fraction of sp³-hybridized carbons (Fsp3) is 1.00. The predicted octanol–water partition coefficient (Wildman–Crippen LogP) is 1.79. The lowest BCUT2D eigenvalue weighted by molar-refractivity contribution is 0.204. The highest BCUT2D eigenvalue weighted by Crippen LogP contribution is 2.21. The average molecular weight is 253 g/mol. The Bertz CT molecular complexity index is 236. The topological polar surface area (TPSA) is 18.5 Å². The maximum absolute atomic E-state index is 3.59. The van der Waals surface area contributed by atoms with Crippen molar-refractivity contribution in [3.8, 4) is 0 Å². The smallest absolute Gasteiger partial charge is 0.0235 e. The van der Waals surface area contributed by atoms with E-state index < -0.39 is 0 Å². The van der Waals surface area contributed by atoms with Gasteiger partial charge in [0.1, 0.15) is 0 Å². The molecule has 0 amide bonds. The van der Waals surface area contributed by atoms with E-state index in [4.69, 9.17) is 0 Å². The summed E-state index contributed by atoms with van der Waals surface area (Å²) >= 11 is 0. The molecule has 2 fully saturated rings. The van der Waals surface area contributed by atoms with Gasteiger partial charge >= 0.3 is 0 Å². The van der Waals surface area contributed by atoms with Crippen molar-refractivity contribution < 1.29 is 0 Å². The van der Waals surface area contributed by atoms with Gasteiger partial charge in [0.2, 0.25) is 0 Å². The molecule has 0 aliphatic carbocycles. The molecule has 0 spiro atoms. The molecule has 0 aromatic heterocycles. The molecule has 0 saturated carbocycles. The van der Waals surface area contributed by atoms with Gasteiger partial charge in [-0.05, 0) is 51.7 Å². The minimum Gasteiger partial charge on any atom is -0.315 e. The molecule has 2 rings (SSSR count). The highest BCUT2D eigenvalue weighted by molar-refractivity contribution is 4.88. The lowest BCUT2D eigenvalue weighted by atomic mass is 10.2. The first-order valence-electron chi connectivity index (χ1n) is 7.85. The Hall–Kier alpha value is -0.120. The van der Waals surface area contributed by atoms with Crippen LogP contribution in [0.25, 0.3) is 0 Å². The van der Waals surface area contributed by atoms with E-state index in [1.807, 2.05) is 0 Å². The Balaban J connectivity index is 1.67. The van der Waals surface area contributed by atoms with Crippen LogP contribution < -0.4 is 5.32 Å².